The van der Waals surface area contributed by atoms with E-state index < -0.39 is 0 Å². The highest BCUT2D eigenvalue weighted by atomic mass is 16.5. The number of ketones is 1. The fourth-order valence-corrected chi connectivity index (χ4v) is 4.14. The number of aromatic hydroxyl groups is 3. The fourth-order valence-electron chi connectivity index (χ4n) is 4.14. The summed E-state index contributed by atoms with van der Waals surface area (Å²) in [5.74, 6) is 0.103. The van der Waals surface area contributed by atoms with E-state index in [0.29, 0.717) is 23.7 Å². The second-order valence-electron chi connectivity index (χ2n) is 7.35. The number of carbonyl (C=O) groups is 1. The third kappa shape index (κ3) is 3.30. The zero-order valence-corrected chi connectivity index (χ0v) is 16.6. The maximum Gasteiger partial charge on any atom is 0.167 e. The molecule has 3 N–H and O–H groups in total. The van der Waals surface area contributed by atoms with Gasteiger partial charge in [-0.3, -0.25) is 4.79 Å². The highest BCUT2D eigenvalue weighted by Gasteiger charge is 2.36. The van der Waals surface area contributed by atoms with Crippen molar-refractivity contribution in [2.45, 2.75) is 18.8 Å². The van der Waals surface area contributed by atoms with Crippen LogP contribution >= 0.6 is 0 Å². The predicted octanol–water partition coefficient (Wildman–Crippen LogP) is 4.32. The molecule has 0 fully saturated rings. The van der Waals surface area contributed by atoms with E-state index in [9.17, 15) is 20.1 Å². The van der Waals surface area contributed by atoms with Crippen molar-refractivity contribution in [3.63, 3.8) is 0 Å². The zero-order valence-electron chi connectivity index (χ0n) is 16.6. The molecule has 0 aliphatic carbocycles. The molecule has 1 heterocycles. The SMILES string of the molecule is COc1ccc([C@@H]2c3ccc(O)cc3OC[C@@H]2c2ccc(O)cc2)c(O)c1C(C)=O. The van der Waals surface area contributed by atoms with Gasteiger partial charge >= 0.3 is 0 Å². The minimum absolute atomic E-state index is 0.0824. The molecule has 0 unspecified atom stereocenters. The molecule has 0 bridgehead atoms. The van der Waals surface area contributed by atoms with Gasteiger partial charge in [0.2, 0.25) is 0 Å². The summed E-state index contributed by atoms with van der Waals surface area (Å²) in [4.78, 5) is 12.2. The number of fused-ring (bicyclic) bond motifs is 1. The molecular formula is C24H22O6. The standard InChI is InChI=1S/C24H22O6/c1-13(25)22-20(29-2)10-9-18(24(22)28)23-17-8-7-16(27)11-21(17)30-12-19(23)14-3-5-15(26)6-4-14/h3-11,19,23,26-28H,12H2,1-2H3/t19-,23+/m1/s1. The van der Waals surface area contributed by atoms with Crippen LogP contribution in [0.15, 0.2) is 54.6 Å². The van der Waals surface area contributed by atoms with Crippen LogP contribution < -0.4 is 9.47 Å². The Bertz CT molecular complexity index is 1100. The molecule has 2 atom stereocenters. The first-order valence-electron chi connectivity index (χ1n) is 9.56. The number of Topliss-reactive ketones (excluding diaryl/α,β-unsaturated/α-hetero) is 1. The van der Waals surface area contributed by atoms with Gasteiger partial charge in [0.25, 0.3) is 0 Å². The van der Waals surface area contributed by atoms with E-state index in [1.165, 1.54) is 14.0 Å². The molecule has 3 aromatic carbocycles. The van der Waals surface area contributed by atoms with Gasteiger partial charge in [-0.1, -0.05) is 24.3 Å². The zero-order chi connectivity index (χ0) is 21.4. The Balaban J connectivity index is 1.94. The summed E-state index contributed by atoms with van der Waals surface area (Å²) in [5, 5.41) is 30.6. The normalized spacial score (nSPS) is 17.7. The van der Waals surface area contributed by atoms with E-state index in [1.807, 2.05) is 12.1 Å². The Morgan fingerprint density at radius 2 is 1.63 bits per heavy atom. The monoisotopic (exact) mass is 406 g/mol. The first-order chi connectivity index (χ1) is 14.4. The van der Waals surface area contributed by atoms with Crippen molar-refractivity contribution in [2.75, 3.05) is 13.7 Å². The summed E-state index contributed by atoms with van der Waals surface area (Å²) < 4.78 is 11.2. The van der Waals surface area contributed by atoms with Crippen LogP contribution in [0.3, 0.4) is 0 Å². The smallest absolute Gasteiger partial charge is 0.167 e. The largest absolute Gasteiger partial charge is 0.508 e. The van der Waals surface area contributed by atoms with Crippen LogP contribution in [0.5, 0.6) is 28.7 Å². The lowest BCUT2D eigenvalue weighted by Gasteiger charge is -2.35. The van der Waals surface area contributed by atoms with Crippen LogP contribution in [-0.4, -0.2) is 34.8 Å². The Hall–Kier alpha value is -3.67. The fraction of sp³-hybridized carbons (Fsp3) is 0.208. The Morgan fingerprint density at radius 3 is 2.30 bits per heavy atom. The third-order valence-electron chi connectivity index (χ3n) is 5.55. The molecule has 6 nitrogen and oxygen atoms in total. The molecule has 0 spiro atoms. The number of hydrogen-bond acceptors (Lipinski definition) is 6. The Morgan fingerprint density at radius 1 is 0.967 bits per heavy atom. The van der Waals surface area contributed by atoms with E-state index in [2.05, 4.69) is 0 Å². The van der Waals surface area contributed by atoms with Crippen LogP contribution in [0.4, 0.5) is 0 Å². The van der Waals surface area contributed by atoms with Gasteiger partial charge in [-0.25, -0.2) is 0 Å². The Kier molecular flexibility index (Phi) is 4.99. The van der Waals surface area contributed by atoms with Gasteiger partial charge in [-0.15, -0.1) is 0 Å². The molecule has 3 aromatic rings. The van der Waals surface area contributed by atoms with E-state index in [4.69, 9.17) is 9.47 Å². The topological polar surface area (TPSA) is 96.2 Å². The average Bonchev–Trinajstić information content (AvgIpc) is 2.73. The van der Waals surface area contributed by atoms with Crippen molar-refractivity contribution in [3.05, 3.63) is 76.9 Å². The van der Waals surface area contributed by atoms with Gasteiger partial charge in [-0.2, -0.15) is 0 Å². The molecule has 1 aliphatic rings. The lowest BCUT2D eigenvalue weighted by Crippen LogP contribution is -2.25. The van der Waals surface area contributed by atoms with Gasteiger partial charge in [0.15, 0.2) is 5.78 Å². The summed E-state index contributed by atoms with van der Waals surface area (Å²) >= 11 is 0. The number of methoxy groups -OCH3 is 1. The molecule has 0 radical (unpaired) electrons. The lowest BCUT2D eigenvalue weighted by molar-refractivity contribution is 0.101. The Labute approximate surface area is 174 Å². The molecule has 0 aromatic heterocycles. The summed E-state index contributed by atoms with van der Waals surface area (Å²) in [5.41, 5.74) is 2.39. The minimum atomic E-state index is -0.345. The molecule has 30 heavy (non-hydrogen) atoms. The summed E-state index contributed by atoms with van der Waals surface area (Å²) in [6.45, 7) is 1.68. The molecule has 1 aliphatic heterocycles. The number of carbonyl (C=O) groups excluding carboxylic acids is 1. The number of ether oxygens (including phenoxy) is 2. The van der Waals surface area contributed by atoms with Crippen LogP contribution in [0, 0.1) is 0 Å². The van der Waals surface area contributed by atoms with Gasteiger partial charge in [0, 0.05) is 29.0 Å². The van der Waals surface area contributed by atoms with Crippen LogP contribution in [0.25, 0.3) is 0 Å². The number of phenolic OH excluding ortho intramolecular Hbond substituents is 3. The second kappa shape index (κ2) is 7.63. The van der Waals surface area contributed by atoms with Gasteiger partial charge < -0.3 is 24.8 Å². The number of hydrogen-bond donors (Lipinski definition) is 3. The summed E-state index contributed by atoms with van der Waals surface area (Å²) in [6, 6.07) is 15.1. The third-order valence-corrected chi connectivity index (χ3v) is 5.55. The summed E-state index contributed by atoms with van der Waals surface area (Å²) in [7, 11) is 1.45. The maximum atomic E-state index is 12.2. The quantitative estimate of drug-likeness (QED) is 0.559. The van der Waals surface area contributed by atoms with Crippen LogP contribution in [0.2, 0.25) is 0 Å². The van der Waals surface area contributed by atoms with E-state index in [1.54, 1.807) is 42.5 Å². The maximum absolute atomic E-state index is 12.2. The first-order valence-corrected chi connectivity index (χ1v) is 9.56. The van der Waals surface area contributed by atoms with Gasteiger partial charge in [0.05, 0.1) is 13.7 Å². The van der Waals surface area contributed by atoms with Crippen molar-refractivity contribution in [3.8, 4) is 28.7 Å². The lowest BCUT2D eigenvalue weighted by atomic mass is 9.75. The van der Waals surface area contributed by atoms with Crippen molar-refractivity contribution in [2.24, 2.45) is 0 Å². The second-order valence-corrected chi connectivity index (χ2v) is 7.35. The molecular weight excluding hydrogens is 384 g/mol. The molecule has 0 saturated carbocycles. The van der Waals surface area contributed by atoms with Crippen molar-refractivity contribution < 1.29 is 29.6 Å². The number of benzene rings is 3. The van der Waals surface area contributed by atoms with Gasteiger partial charge in [0.1, 0.15) is 34.3 Å². The van der Waals surface area contributed by atoms with Crippen LogP contribution in [0.1, 0.15) is 45.8 Å². The molecule has 4 rings (SSSR count). The van der Waals surface area contributed by atoms with Crippen LogP contribution in [-0.2, 0) is 0 Å². The van der Waals surface area contributed by atoms with Crippen molar-refractivity contribution >= 4 is 5.78 Å². The number of phenols is 3. The molecule has 6 heteroatoms. The minimum Gasteiger partial charge on any atom is -0.508 e. The molecule has 0 saturated heterocycles. The van der Waals surface area contributed by atoms with Crippen molar-refractivity contribution in [1.82, 2.24) is 0 Å². The number of rotatable bonds is 4. The first kappa shape index (κ1) is 19.6. The van der Waals surface area contributed by atoms with E-state index in [-0.39, 0.29) is 40.4 Å². The molecule has 0 amide bonds. The van der Waals surface area contributed by atoms with Gasteiger partial charge in [-0.05, 0) is 36.8 Å². The van der Waals surface area contributed by atoms with E-state index >= 15 is 0 Å². The summed E-state index contributed by atoms with van der Waals surface area (Å²) in [6.07, 6.45) is 0. The van der Waals surface area contributed by atoms with E-state index in [0.717, 1.165) is 11.1 Å². The predicted molar refractivity (Wildman–Crippen MR) is 111 cm³/mol. The highest BCUT2D eigenvalue weighted by Crippen LogP contribution is 2.50. The molecule has 154 valence electrons. The average molecular weight is 406 g/mol. The highest BCUT2D eigenvalue weighted by molar-refractivity contribution is 6.00. The van der Waals surface area contributed by atoms with Crippen molar-refractivity contribution in [1.29, 1.82) is 0 Å².